The summed E-state index contributed by atoms with van der Waals surface area (Å²) >= 11 is 0. The molecular formula is C18H21FN2. The number of nitrogens with one attached hydrogen (secondary N) is 1. The van der Waals surface area contributed by atoms with Gasteiger partial charge >= 0.3 is 0 Å². The van der Waals surface area contributed by atoms with Gasteiger partial charge in [-0.3, -0.25) is 0 Å². The number of halogens is 1. The number of rotatable bonds is 5. The standard InChI is InChI=1S/C18H21FN2/c19-17-9-8-16(12-18(17)21-10-4-5-11-21)14-20-13-15-6-2-1-3-7-15/h1-3,6-9,12,20H,4-5,10-11,13-14H2. The lowest BCUT2D eigenvalue weighted by molar-refractivity contribution is 0.620. The van der Waals surface area contributed by atoms with Crippen LogP contribution in [-0.4, -0.2) is 13.1 Å². The van der Waals surface area contributed by atoms with Gasteiger partial charge in [-0.05, 0) is 36.1 Å². The van der Waals surface area contributed by atoms with Crippen LogP contribution in [0.25, 0.3) is 0 Å². The van der Waals surface area contributed by atoms with Crippen molar-refractivity contribution in [3.05, 3.63) is 65.5 Å². The van der Waals surface area contributed by atoms with Crippen LogP contribution in [0.3, 0.4) is 0 Å². The summed E-state index contributed by atoms with van der Waals surface area (Å²) in [4.78, 5) is 2.15. The molecule has 21 heavy (non-hydrogen) atoms. The Morgan fingerprint density at radius 1 is 0.905 bits per heavy atom. The maximum Gasteiger partial charge on any atom is 0.146 e. The summed E-state index contributed by atoms with van der Waals surface area (Å²) in [5, 5.41) is 3.41. The molecule has 0 radical (unpaired) electrons. The molecule has 110 valence electrons. The van der Waals surface area contributed by atoms with Crippen molar-refractivity contribution in [1.82, 2.24) is 5.32 Å². The molecule has 0 unspecified atom stereocenters. The maximum absolute atomic E-state index is 13.9. The van der Waals surface area contributed by atoms with Gasteiger partial charge in [-0.15, -0.1) is 0 Å². The molecule has 3 heteroatoms. The summed E-state index contributed by atoms with van der Waals surface area (Å²) in [6.07, 6.45) is 2.33. The van der Waals surface area contributed by atoms with Crippen molar-refractivity contribution in [3.8, 4) is 0 Å². The van der Waals surface area contributed by atoms with E-state index in [1.165, 1.54) is 5.56 Å². The Hall–Kier alpha value is -1.87. The van der Waals surface area contributed by atoms with Crippen molar-refractivity contribution in [3.63, 3.8) is 0 Å². The normalized spacial score (nSPS) is 14.6. The highest BCUT2D eigenvalue weighted by atomic mass is 19.1. The fraction of sp³-hybridized carbons (Fsp3) is 0.333. The Kier molecular flexibility index (Phi) is 4.51. The summed E-state index contributed by atoms with van der Waals surface area (Å²) in [5.41, 5.74) is 3.15. The third kappa shape index (κ3) is 3.61. The quantitative estimate of drug-likeness (QED) is 0.900. The first-order valence-corrected chi connectivity index (χ1v) is 7.61. The zero-order valence-corrected chi connectivity index (χ0v) is 12.2. The number of nitrogens with zero attached hydrogens (tertiary/aromatic N) is 1. The zero-order chi connectivity index (χ0) is 14.5. The fourth-order valence-corrected chi connectivity index (χ4v) is 2.82. The first kappa shape index (κ1) is 14.1. The third-order valence-corrected chi connectivity index (χ3v) is 3.96. The SMILES string of the molecule is Fc1ccc(CNCc2ccccc2)cc1N1CCCC1. The highest BCUT2D eigenvalue weighted by Gasteiger charge is 2.16. The zero-order valence-electron chi connectivity index (χ0n) is 12.2. The first-order valence-electron chi connectivity index (χ1n) is 7.61. The van der Waals surface area contributed by atoms with Crippen molar-refractivity contribution in [2.45, 2.75) is 25.9 Å². The van der Waals surface area contributed by atoms with E-state index in [2.05, 4.69) is 22.3 Å². The minimum atomic E-state index is -0.108. The average molecular weight is 284 g/mol. The Balaban J connectivity index is 1.61. The van der Waals surface area contributed by atoms with E-state index in [0.717, 1.165) is 50.3 Å². The van der Waals surface area contributed by atoms with Crippen LogP contribution in [0, 0.1) is 5.82 Å². The lowest BCUT2D eigenvalue weighted by atomic mass is 10.1. The van der Waals surface area contributed by atoms with Crippen LogP contribution < -0.4 is 10.2 Å². The van der Waals surface area contributed by atoms with Gasteiger partial charge in [0.1, 0.15) is 5.82 Å². The second kappa shape index (κ2) is 6.72. The molecule has 1 heterocycles. The Morgan fingerprint density at radius 3 is 2.38 bits per heavy atom. The van der Waals surface area contributed by atoms with Crippen LogP contribution in [-0.2, 0) is 13.1 Å². The topological polar surface area (TPSA) is 15.3 Å². The molecule has 1 N–H and O–H groups in total. The highest BCUT2D eigenvalue weighted by molar-refractivity contribution is 5.50. The third-order valence-electron chi connectivity index (χ3n) is 3.96. The molecule has 0 spiro atoms. The smallest absolute Gasteiger partial charge is 0.146 e. The van der Waals surface area contributed by atoms with Gasteiger partial charge in [-0.25, -0.2) is 4.39 Å². The van der Waals surface area contributed by atoms with Crippen molar-refractivity contribution in [2.75, 3.05) is 18.0 Å². The molecule has 2 nitrogen and oxygen atoms in total. The molecule has 0 amide bonds. The van der Waals surface area contributed by atoms with Gasteiger partial charge in [0.05, 0.1) is 5.69 Å². The molecule has 1 aliphatic heterocycles. The van der Waals surface area contributed by atoms with E-state index in [4.69, 9.17) is 0 Å². The molecule has 1 aliphatic rings. The Morgan fingerprint density at radius 2 is 1.62 bits per heavy atom. The lowest BCUT2D eigenvalue weighted by Crippen LogP contribution is -2.20. The summed E-state index contributed by atoms with van der Waals surface area (Å²) in [7, 11) is 0. The van der Waals surface area contributed by atoms with Crippen molar-refractivity contribution in [2.24, 2.45) is 0 Å². The molecule has 3 rings (SSSR count). The molecule has 0 atom stereocenters. The molecule has 2 aromatic carbocycles. The second-order valence-corrected chi connectivity index (χ2v) is 5.57. The molecule has 0 aromatic heterocycles. The Labute approximate surface area is 125 Å². The maximum atomic E-state index is 13.9. The summed E-state index contributed by atoms with van der Waals surface area (Å²) < 4.78 is 13.9. The summed E-state index contributed by atoms with van der Waals surface area (Å²) in [5.74, 6) is -0.108. The predicted octanol–water partition coefficient (Wildman–Crippen LogP) is 3.72. The van der Waals surface area contributed by atoms with Crippen molar-refractivity contribution < 1.29 is 4.39 Å². The van der Waals surface area contributed by atoms with Crippen LogP contribution in [0.1, 0.15) is 24.0 Å². The van der Waals surface area contributed by atoms with E-state index < -0.39 is 0 Å². The predicted molar refractivity (Wildman–Crippen MR) is 84.8 cm³/mol. The van der Waals surface area contributed by atoms with Gasteiger partial charge in [0, 0.05) is 26.2 Å². The molecule has 2 aromatic rings. The molecule has 0 bridgehead atoms. The largest absolute Gasteiger partial charge is 0.369 e. The number of hydrogen-bond donors (Lipinski definition) is 1. The van der Waals surface area contributed by atoms with Crippen LogP contribution in [0.4, 0.5) is 10.1 Å². The fourth-order valence-electron chi connectivity index (χ4n) is 2.82. The monoisotopic (exact) mass is 284 g/mol. The van der Waals surface area contributed by atoms with Gasteiger partial charge in [0.25, 0.3) is 0 Å². The van der Waals surface area contributed by atoms with E-state index in [1.54, 1.807) is 6.07 Å². The number of anilines is 1. The second-order valence-electron chi connectivity index (χ2n) is 5.57. The summed E-state index contributed by atoms with van der Waals surface area (Å²) in [6, 6.07) is 15.8. The molecule has 0 saturated carbocycles. The first-order chi connectivity index (χ1) is 10.3. The molecule has 1 fully saturated rings. The van der Waals surface area contributed by atoms with Gasteiger partial charge in [0.2, 0.25) is 0 Å². The van der Waals surface area contributed by atoms with Crippen LogP contribution in [0.5, 0.6) is 0 Å². The van der Waals surface area contributed by atoms with E-state index in [9.17, 15) is 4.39 Å². The summed E-state index contributed by atoms with van der Waals surface area (Å²) in [6.45, 7) is 3.53. The van der Waals surface area contributed by atoms with E-state index in [1.807, 2.05) is 30.3 Å². The van der Waals surface area contributed by atoms with Crippen LogP contribution in [0.2, 0.25) is 0 Å². The number of hydrogen-bond acceptors (Lipinski definition) is 2. The van der Waals surface area contributed by atoms with E-state index in [0.29, 0.717) is 0 Å². The average Bonchev–Trinajstić information content (AvgIpc) is 3.04. The lowest BCUT2D eigenvalue weighted by Gasteiger charge is -2.19. The number of benzene rings is 2. The minimum Gasteiger partial charge on any atom is -0.369 e. The van der Waals surface area contributed by atoms with Gasteiger partial charge in [-0.2, -0.15) is 0 Å². The van der Waals surface area contributed by atoms with E-state index in [-0.39, 0.29) is 5.82 Å². The molecule has 1 saturated heterocycles. The van der Waals surface area contributed by atoms with Crippen LogP contribution >= 0.6 is 0 Å². The van der Waals surface area contributed by atoms with E-state index >= 15 is 0 Å². The van der Waals surface area contributed by atoms with Crippen LogP contribution in [0.15, 0.2) is 48.5 Å². The highest BCUT2D eigenvalue weighted by Crippen LogP contribution is 2.24. The van der Waals surface area contributed by atoms with Crippen molar-refractivity contribution in [1.29, 1.82) is 0 Å². The van der Waals surface area contributed by atoms with Gasteiger partial charge in [0.15, 0.2) is 0 Å². The van der Waals surface area contributed by atoms with Gasteiger partial charge in [-0.1, -0.05) is 36.4 Å². The van der Waals surface area contributed by atoms with Gasteiger partial charge < -0.3 is 10.2 Å². The minimum absolute atomic E-state index is 0.108. The Bertz CT molecular complexity index is 577. The molecular weight excluding hydrogens is 263 g/mol. The molecule has 0 aliphatic carbocycles. The van der Waals surface area contributed by atoms with Crippen molar-refractivity contribution >= 4 is 5.69 Å².